The molecule has 1 aromatic rings. The molecule has 1 saturated carbocycles. The van der Waals surface area contributed by atoms with Crippen LogP contribution in [0.15, 0.2) is 0 Å². The first-order valence-electron chi connectivity index (χ1n) is 7.19. The number of aromatic nitrogens is 1. The molecule has 3 nitrogen and oxygen atoms in total. The second-order valence-corrected chi connectivity index (χ2v) is 7.79. The second kappa shape index (κ2) is 6.57. The lowest BCUT2D eigenvalue weighted by atomic mass is 10.2. The van der Waals surface area contributed by atoms with E-state index in [9.17, 15) is 0 Å². The molecule has 0 bridgehead atoms. The van der Waals surface area contributed by atoms with Gasteiger partial charge in [-0.2, -0.15) is 11.8 Å². The monoisotopic (exact) mass is 298 g/mol. The topological polar surface area (TPSA) is 34.1 Å². The predicted molar refractivity (Wildman–Crippen MR) is 81.7 cm³/mol. The van der Waals surface area contributed by atoms with Gasteiger partial charge in [0.2, 0.25) is 0 Å². The lowest BCUT2D eigenvalue weighted by Crippen LogP contribution is -2.15. The van der Waals surface area contributed by atoms with Gasteiger partial charge in [-0.05, 0) is 31.4 Å². The van der Waals surface area contributed by atoms with Gasteiger partial charge in [-0.25, -0.2) is 4.98 Å². The molecule has 1 N–H and O–H groups in total. The Bertz CT molecular complexity index is 412. The van der Waals surface area contributed by atoms with Crippen LogP contribution in [0.4, 0.5) is 0 Å². The summed E-state index contributed by atoms with van der Waals surface area (Å²) in [5, 5.41) is 5.55. The number of ether oxygens (including phenoxy) is 1. The summed E-state index contributed by atoms with van der Waals surface area (Å²) in [7, 11) is 1.76. The molecule has 2 heterocycles. The molecule has 1 unspecified atom stereocenters. The van der Waals surface area contributed by atoms with Crippen molar-refractivity contribution < 1.29 is 4.74 Å². The molecule has 1 aromatic heterocycles. The van der Waals surface area contributed by atoms with Crippen molar-refractivity contribution in [3.63, 3.8) is 0 Å². The molecule has 0 aromatic carbocycles. The van der Waals surface area contributed by atoms with Crippen LogP contribution in [0.5, 0.6) is 0 Å². The van der Waals surface area contributed by atoms with Gasteiger partial charge < -0.3 is 10.1 Å². The fraction of sp³-hybridized carbons (Fsp3) is 0.786. The highest BCUT2D eigenvalue weighted by Gasteiger charge is 2.24. The molecule has 1 saturated heterocycles. The molecule has 2 aliphatic rings. The van der Waals surface area contributed by atoms with Crippen molar-refractivity contribution in [3.8, 4) is 0 Å². The molecule has 1 aliphatic carbocycles. The summed E-state index contributed by atoms with van der Waals surface area (Å²) >= 11 is 3.98. The van der Waals surface area contributed by atoms with E-state index in [1.807, 2.05) is 11.3 Å². The second-order valence-electron chi connectivity index (χ2n) is 5.37. The molecule has 19 heavy (non-hydrogen) atoms. The summed E-state index contributed by atoms with van der Waals surface area (Å²) in [5.74, 6) is 1.29. The number of rotatable bonds is 6. The number of nitrogens with zero attached hydrogens (tertiary/aromatic N) is 1. The molecule has 3 rings (SSSR count). The SMILES string of the molecule is COCc1nc(C2CCCCS2)sc1CNC1CC1. The Balaban J connectivity index is 1.70. The highest BCUT2D eigenvalue weighted by molar-refractivity contribution is 7.99. The minimum atomic E-state index is 0.629. The molecule has 0 amide bonds. The molecule has 5 heteroatoms. The van der Waals surface area contributed by atoms with E-state index in [0.29, 0.717) is 11.9 Å². The lowest BCUT2D eigenvalue weighted by molar-refractivity contribution is 0.181. The number of hydrogen-bond acceptors (Lipinski definition) is 5. The first-order valence-corrected chi connectivity index (χ1v) is 9.05. The molecule has 0 spiro atoms. The zero-order valence-corrected chi connectivity index (χ0v) is 13.1. The van der Waals surface area contributed by atoms with Gasteiger partial charge in [-0.15, -0.1) is 11.3 Å². The van der Waals surface area contributed by atoms with Crippen LogP contribution >= 0.6 is 23.1 Å². The number of thiazole rings is 1. The fourth-order valence-electron chi connectivity index (χ4n) is 2.39. The Kier molecular flexibility index (Phi) is 4.79. The molecule has 2 fully saturated rings. The Labute approximate surface area is 123 Å². The van der Waals surface area contributed by atoms with Gasteiger partial charge >= 0.3 is 0 Å². The van der Waals surface area contributed by atoms with Crippen molar-refractivity contribution in [1.82, 2.24) is 10.3 Å². The van der Waals surface area contributed by atoms with Gasteiger partial charge in [0.1, 0.15) is 5.01 Å². The van der Waals surface area contributed by atoms with Crippen molar-refractivity contribution in [3.05, 3.63) is 15.6 Å². The van der Waals surface area contributed by atoms with Crippen LogP contribution in [0.25, 0.3) is 0 Å². The van der Waals surface area contributed by atoms with Crippen LogP contribution in [-0.4, -0.2) is 23.9 Å². The third kappa shape index (κ3) is 3.72. The van der Waals surface area contributed by atoms with E-state index >= 15 is 0 Å². The Morgan fingerprint density at radius 1 is 1.32 bits per heavy atom. The van der Waals surface area contributed by atoms with Crippen molar-refractivity contribution in [2.45, 2.75) is 56.5 Å². The first kappa shape index (κ1) is 13.9. The lowest BCUT2D eigenvalue weighted by Gasteiger charge is -2.18. The predicted octanol–water partition coefficient (Wildman–Crippen LogP) is 3.50. The normalized spacial score (nSPS) is 23.7. The first-order chi connectivity index (χ1) is 9.36. The Hall–Kier alpha value is -0.100. The average Bonchev–Trinajstić information content (AvgIpc) is 3.19. The van der Waals surface area contributed by atoms with E-state index in [1.165, 1.54) is 47.7 Å². The highest BCUT2D eigenvalue weighted by atomic mass is 32.2. The van der Waals surface area contributed by atoms with Gasteiger partial charge in [-0.1, -0.05) is 6.42 Å². The summed E-state index contributed by atoms with van der Waals surface area (Å²) < 4.78 is 5.30. The van der Waals surface area contributed by atoms with Crippen molar-refractivity contribution >= 4 is 23.1 Å². The maximum absolute atomic E-state index is 5.30. The zero-order valence-electron chi connectivity index (χ0n) is 11.5. The number of thioether (sulfide) groups is 1. The quantitative estimate of drug-likeness (QED) is 0.871. The summed E-state index contributed by atoms with van der Waals surface area (Å²) in [6.07, 6.45) is 6.69. The molecule has 106 valence electrons. The van der Waals surface area contributed by atoms with Crippen LogP contribution in [0.1, 0.15) is 52.9 Å². The Morgan fingerprint density at radius 2 is 2.21 bits per heavy atom. The maximum atomic E-state index is 5.30. The number of nitrogens with one attached hydrogen (secondary N) is 1. The van der Waals surface area contributed by atoms with Crippen molar-refractivity contribution in [1.29, 1.82) is 0 Å². The molecular weight excluding hydrogens is 276 g/mol. The van der Waals surface area contributed by atoms with E-state index < -0.39 is 0 Å². The molecule has 1 aliphatic heterocycles. The average molecular weight is 298 g/mol. The number of methoxy groups -OCH3 is 1. The van der Waals surface area contributed by atoms with Gasteiger partial charge in [-0.3, -0.25) is 0 Å². The third-order valence-corrected chi connectivity index (χ3v) is 6.41. The minimum absolute atomic E-state index is 0.629. The molecular formula is C14H22N2OS2. The maximum Gasteiger partial charge on any atom is 0.106 e. The van der Waals surface area contributed by atoms with E-state index in [4.69, 9.17) is 9.72 Å². The zero-order chi connectivity index (χ0) is 13.1. The number of hydrogen-bond donors (Lipinski definition) is 1. The van der Waals surface area contributed by atoms with E-state index in [-0.39, 0.29) is 0 Å². The van der Waals surface area contributed by atoms with Crippen LogP contribution < -0.4 is 5.32 Å². The smallest absolute Gasteiger partial charge is 0.106 e. The van der Waals surface area contributed by atoms with Gasteiger partial charge in [0.15, 0.2) is 0 Å². The van der Waals surface area contributed by atoms with Crippen LogP contribution in [0.2, 0.25) is 0 Å². The third-order valence-electron chi connectivity index (χ3n) is 3.66. The standard InChI is InChI=1S/C14H22N2OS2/c1-17-9-11-13(8-15-10-5-6-10)19-14(16-11)12-4-2-3-7-18-12/h10,12,15H,2-9H2,1H3. The van der Waals surface area contributed by atoms with Crippen molar-refractivity contribution in [2.24, 2.45) is 0 Å². The largest absolute Gasteiger partial charge is 0.378 e. The summed E-state index contributed by atoms with van der Waals surface area (Å²) in [6.45, 7) is 1.62. The summed E-state index contributed by atoms with van der Waals surface area (Å²) in [6, 6.07) is 0.755. The fourth-order valence-corrected chi connectivity index (χ4v) is 4.96. The Morgan fingerprint density at radius 3 is 2.89 bits per heavy atom. The summed E-state index contributed by atoms with van der Waals surface area (Å²) in [5.41, 5.74) is 1.15. The summed E-state index contributed by atoms with van der Waals surface area (Å²) in [4.78, 5) is 6.24. The van der Waals surface area contributed by atoms with Gasteiger partial charge in [0, 0.05) is 24.6 Å². The van der Waals surface area contributed by atoms with Gasteiger partial charge in [0.25, 0.3) is 0 Å². The molecule has 0 radical (unpaired) electrons. The highest BCUT2D eigenvalue weighted by Crippen LogP contribution is 2.40. The van der Waals surface area contributed by atoms with Crippen LogP contribution in [0, 0.1) is 0 Å². The van der Waals surface area contributed by atoms with Crippen LogP contribution in [0.3, 0.4) is 0 Å². The van der Waals surface area contributed by atoms with E-state index in [0.717, 1.165) is 18.3 Å². The molecule has 1 atom stereocenters. The van der Waals surface area contributed by atoms with Crippen molar-refractivity contribution in [2.75, 3.05) is 12.9 Å². The van der Waals surface area contributed by atoms with E-state index in [1.54, 1.807) is 7.11 Å². The van der Waals surface area contributed by atoms with E-state index in [2.05, 4.69) is 17.1 Å². The van der Waals surface area contributed by atoms with Gasteiger partial charge in [0.05, 0.1) is 17.6 Å². The minimum Gasteiger partial charge on any atom is -0.378 e. The van der Waals surface area contributed by atoms with Crippen LogP contribution in [-0.2, 0) is 17.9 Å².